The first-order valence-electron chi connectivity index (χ1n) is 9.00. The lowest BCUT2D eigenvalue weighted by atomic mass is 10.2. The Morgan fingerprint density at radius 2 is 2.00 bits per heavy atom. The second-order valence-electron chi connectivity index (χ2n) is 6.91. The molecule has 0 saturated heterocycles. The van der Waals surface area contributed by atoms with Crippen molar-refractivity contribution in [1.82, 2.24) is 19.1 Å². The van der Waals surface area contributed by atoms with Crippen LogP contribution in [0.5, 0.6) is 11.5 Å². The van der Waals surface area contributed by atoms with Crippen LogP contribution in [0.25, 0.3) is 16.9 Å². The Morgan fingerprint density at radius 3 is 2.70 bits per heavy atom. The molecule has 0 aliphatic carbocycles. The largest absolute Gasteiger partial charge is 0.454 e. The number of allylic oxidation sites excluding steroid dienone is 1. The van der Waals surface area contributed by atoms with Crippen LogP contribution >= 0.6 is 0 Å². The number of benzene rings is 1. The lowest BCUT2D eigenvalue weighted by molar-refractivity contribution is -0.133. The van der Waals surface area contributed by atoms with Crippen molar-refractivity contribution in [1.29, 1.82) is 0 Å². The fourth-order valence-electron chi connectivity index (χ4n) is 3.15. The first-order chi connectivity index (χ1) is 14.1. The normalized spacial score (nSPS) is 13.1. The van der Waals surface area contributed by atoms with E-state index in [1.54, 1.807) is 12.1 Å². The van der Waals surface area contributed by atoms with Gasteiger partial charge in [0.05, 0.1) is 6.20 Å². The molecule has 1 aliphatic heterocycles. The second-order valence-corrected chi connectivity index (χ2v) is 6.91. The highest BCUT2D eigenvalue weighted by Gasteiger charge is 2.28. The molecule has 0 radical (unpaired) electrons. The van der Waals surface area contributed by atoms with Gasteiger partial charge >= 0.3 is 11.9 Å². The number of halogens is 3. The van der Waals surface area contributed by atoms with E-state index in [1.165, 1.54) is 17.8 Å². The average Bonchev–Trinajstić information content (AvgIpc) is 3.22. The average molecular weight is 421 g/mol. The highest BCUT2D eigenvalue weighted by atomic mass is 19.4. The van der Waals surface area contributed by atoms with Crippen molar-refractivity contribution in [2.75, 3.05) is 12.1 Å². The molecule has 1 N–H and O–H groups in total. The van der Waals surface area contributed by atoms with Crippen molar-refractivity contribution in [3.8, 4) is 11.5 Å². The molecule has 3 aromatic rings. The zero-order valence-corrected chi connectivity index (χ0v) is 16.2. The molecule has 8 nitrogen and oxygen atoms in total. The van der Waals surface area contributed by atoms with Crippen LogP contribution in [0.15, 0.2) is 29.7 Å². The van der Waals surface area contributed by atoms with E-state index in [2.05, 4.69) is 21.9 Å². The molecule has 11 heteroatoms. The van der Waals surface area contributed by atoms with Gasteiger partial charge in [-0.1, -0.05) is 6.58 Å². The number of nitrogens with one attached hydrogen (secondary N) is 1. The standard InChI is InChI=1S/C19H18F3N5O3/c1-10-6-14-15(30-9-29-14)7-12(10)24-17-23-8-13-16(25-17)27(18(28)26(13)3)11(2)4-5-19(20,21)22/h6-8H,2,4-5,9H2,1,3H3,(H,23,24,25). The quantitative estimate of drug-likeness (QED) is 0.676. The van der Waals surface area contributed by atoms with Crippen LogP contribution in [0.4, 0.5) is 24.8 Å². The second kappa shape index (κ2) is 7.08. The third-order valence-corrected chi connectivity index (χ3v) is 4.78. The predicted molar refractivity (Wildman–Crippen MR) is 104 cm³/mol. The highest BCUT2D eigenvalue weighted by molar-refractivity contribution is 5.77. The van der Waals surface area contributed by atoms with Gasteiger partial charge in [-0.2, -0.15) is 18.2 Å². The van der Waals surface area contributed by atoms with Crippen molar-refractivity contribution >= 4 is 28.5 Å². The minimum absolute atomic E-state index is 0.00633. The number of fused-ring (bicyclic) bond motifs is 2. The summed E-state index contributed by atoms with van der Waals surface area (Å²) >= 11 is 0. The molecule has 0 spiro atoms. The lowest BCUT2D eigenvalue weighted by Crippen LogP contribution is -2.22. The number of aromatic nitrogens is 4. The van der Waals surface area contributed by atoms with Crippen molar-refractivity contribution in [3.63, 3.8) is 0 Å². The van der Waals surface area contributed by atoms with E-state index in [9.17, 15) is 18.0 Å². The van der Waals surface area contributed by atoms with Gasteiger partial charge in [-0.25, -0.2) is 14.3 Å². The van der Waals surface area contributed by atoms with Crippen LogP contribution in [-0.4, -0.2) is 32.1 Å². The summed E-state index contributed by atoms with van der Waals surface area (Å²) in [6.07, 6.45) is -4.42. The van der Waals surface area contributed by atoms with Crippen LogP contribution in [-0.2, 0) is 7.05 Å². The number of anilines is 2. The maximum Gasteiger partial charge on any atom is 0.389 e. The van der Waals surface area contributed by atoms with Gasteiger partial charge in [0.2, 0.25) is 12.7 Å². The third-order valence-electron chi connectivity index (χ3n) is 4.78. The summed E-state index contributed by atoms with van der Waals surface area (Å²) in [6, 6.07) is 3.55. The predicted octanol–water partition coefficient (Wildman–Crippen LogP) is 3.72. The topological polar surface area (TPSA) is 83.2 Å². The minimum atomic E-state index is -4.35. The molecular weight excluding hydrogens is 403 g/mol. The van der Waals surface area contributed by atoms with Crippen LogP contribution in [0.3, 0.4) is 0 Å². The molecule has 4 rings (SSSR count). The van der Waals surface area contributed by atoms with E-state index in [0.717, 1.165) is 10.1 Å². The molecule has 0 amide bonds. The molecule has 0 fully saturated rings. The van der Waals surface area contributed by atoms with Crippen molar-refractivity contribution in [2.24, 2.45) is 7.05 Å². The molecule has 1 aromatic carbocycles. The van der Waals surface area contributed by atoms with Gasteiger partial charge in [-0.15, -0.1) is 0 Å². The molecule has 1 aliphatic rings. The van der Waals surface area contributed by atoms with Crippen molar-refractivity contribution in [3.05, 3.63) is 41.0 Å². The molecule has 158 valence electrons. The van der Waals surface area contributed by atoms with Crippen molar-refractivity contribution < 1.29 is 22.6 Å². The van der Waals surface area contributed by atoms with E-state index in [-0.39, 0.29) is 24.1 Å². The molecule has 0 atom stereocenters. The van der Waals surface area contributed by atoms with Gasteiger partial charge in [0, 0.05) is 30.9 Å². The van der Waals surface area contributed by atoms with Gasteiger partial charge in [0.15, 0.2) is 17.1 Å². The fraction of sp³-hybridized carbons (Fsp3) is 0.316. The number of alkyl halides is 3. The summed E-state index contributed by atoms with van der Waals surface area (Å²) in [7, 11) is 1.50. The zero-order valence-electron chi connectivity index (χ0n) is 16.2. The first-order valence-corrected chi connectivity index (χ1v) is 9.00. The maximum atomic E-state index is 12.6. The van der Waals surface area contributed by atoms with Gasteiger partial charge in [0.25, 0.3) is 0 Å². The molecule has 30 heavy (non-hydrogen) atoms. The lowest BCUT2D eigenvalue weighted by Gasteiger charge is -2.11. The maximum absolute atomic E-state index is 12.6. The van der Waals surface area contributed by atoms with E-state index in [0.29, 0.717) is 22.7 Å². The number of ether oxygens (including phenoxy) is 2. The minimum Gasteiger partial charge on any atom is -0.454 e. The zero-order chi connectivity index (χ0) is 21.6. The first kappa shape index (κ1) is 19.8. The van der Waals surface area contributed by atoms with Crippen LogP contribution in [0.1, 0.15) is 18.4 Å². The van der Waals surface area contributed by atoms with Crippen molar-refractivity contribution in [2.45, 2.75) is 25.9 Å². The third kappa shape index (κ3) is 3.58. The molecular formula is C19H18F3N5O3. The number of hydrogen-bond donors (Lipinski definition) is 1. The number of aryl methyl sites for hydroxylation is 2. The summed E-state index contributed by atoms with van der Waals surface area (Å²) in [4.78, 5) is 21.1. The van der Waals surface area contributed by atoms with E-state index in [1.807, 2.05) is 6.92 Å². The Morgan fingerprint density at radius 1 is 1.30 bits per heavy atom. The summed E-state index contributed by atoms with van der Waals surface area (Å²) in [5.41, 5.74) is 1.53. The number of nitrogens with zero attached hydrogens (tertiary/aromatic N) is 4. The Hall–Kier alpha value is -3.50. The van der Waals surface area contributed by atoms with Gasteiger partial charge < -0.3 is 14.8 Å². The van der Waals surface area contributed by atoms with Crippen LogP contribution < -0.4 is 20.5 Å². The highest BCUT2D eigenvalue weighted by Crippen LogP contribution is 2.37. The number of imidazole rings is 1. The Labute approximate surface area is 168 Å². The summed E-state index contributed by atoms with van der Waals surface area (Å²) < 4.78 is 50.9. The summed E-state index contributed by atoms with van der Waals surface area (Å²) in [5, 5.41) is 3.05. The fourth-order valence-corrected chi connectivity index (χ4v) is 3.15. The van der Waals surface area contributed by atoms with E-state index in [4.69, 9.17) is 9.47 Å². The van der Waals surface area contributed by atoms with Gasteiger partial charge in [-0.05, 0) is 25.0 Å². The van der Waals surface area contributed by atoms with Gasteiger partial charge in [0.1, 0.15) is 5.52 Å². The number of rotatable bonds is 5. The van der Waals surface area contributed by atoms with Crippen LogP contribution in [0, 0.1) is 6.92 Å². The smallest absolute Gasteiger partial charge is 0.389 e. The molecule has 0 saturated carbocycles. The number of hydrogen-bond acceptors (Lipinski definition) is 6. The SMILES string of the molecule is C=C(CCC(F)(F)F)n1c(=O)n(C)c2cnc(Nc3cc4c(cc3C)OCO4)nc21. The molecule has 0 bridgehead atoms. The van der Waals surface area contributed by atoms with E-state index < -0.39 is 24.7 Å². The van der Waals surface area contributed by atoms with Gasteiger partial charge in [-0.3, -0.25) is 4.57 Å². The summed E-state index contributed by atoms with van der Waals surface area (Å²) in [5.74, 6) is 1.38. The molecule has 0 unspecified atom stereocenters. The summed E-state index contributed by atoms with van der Waals surface area (Å²) in [6.45, 7) is 5.66. The molecule has 2 aromatic heterocycles. The monoisotopic (exact) mass is 421 g/mol. The Balaban J connectivity index is 1.70. The van der Waals surface area contributed by atoms with Crippen LogP contribution in [0.2, 0.25) is 0 Å². The van der Waals surface area contributed by atoms with E-state index >= 15 is 0 Å². The molecule has 3 heterocycles. The Bertz CT molecular complexity index is 1210. The Kier molecular flexibility index (Phi) is 4.67.